The molecule has 0 bridgehead atoms. The van der Waals surface area contributed by atoms with Gasteiger partial charge in [-0.1, -0.05) is 24.3 Å². The van der Waals surface area contributed by atoms with E-state index in [9.17, 15) is 9.59 Å². The molecule has 2 amide bonds. The molecule has 3 aromatic rings. The van der Waals surface area contributed by atoms with Crippen LogP contribution in [0.15, 0.2) is 67.0 Å². The fraction of sp³-hybridized carbons (Fsp3) is 0.190. The lowest BCUT2D eigenvalue weighted by Gasteiger charge is -2.08. The van der Waals surface area contributed by atoms with Gasteiger partial charge < -0.3 is 10.6 Å². The molecule has 2 N–H and O–H groups in total. The Balaban J connectivity index is 1.50. The maximum atomic E-state index is 12.2. The summed E-state index contributed by atoms with van der Waals surface area (Å²) in [7, 11) is 0. The molecule has 0 radical (unpaired) electrons. The predicted octanol–water partition coefficient (Wildman–Crippen LogP) is 2.48. The predicted molar refractivity (Wildman–Crippen MR) is 104 cm³/mol. The Morgan fingerprint density at radius 2 is 1.67 bits per heavy atom. The highest BCUT2D eigenvalue weighted by Crippen LogP contribution is 2.09. The van der Waals surface area contributed by atoms with Gasteiger partial charge in [-0.05, 0) is 48.4 Å². The summed E-state index contributed by atoms with van der Waals surface area (Å²) in [5, 5.41) is 9.84. The molecule has 3 rings (SSSR count). The average molecular weight is 362 g/mol. The van der Waals surface area contributed by atoms with Gasteiger partial charge in [-0.3, -0.25) is 9.59 Å². The zero-order valence-electron chi connectivity index (χ0n) is 15.2. The number of nitrogens with one attached hydrogen (secondary N) is 2. The first-order chi connectivity index (χ1) is 13.2. The van der Waals surface area contributed by atoms with Crippen molar-refractivity contribution in [2.45, 2.75) is 19.9 Å². The summed E-state index contributed by atoms with van der Waals surface area (Å²) in [6.45, 7) is 2.91. The Kier molecular flexibility index (Phi) is 5.99. The normalized spacial score (nSPS) is 10.4. The summed E-state index contributed by atoms with van der Waals surface area (Å²) < 4.78 is 1.77. The number of carbonyl (C=O) groups is 2. The first-order valence-electron chi connectivity index (χ1n) is 8.88. The maximum Gasteiger partial charge on any atom is 0.251 e. The van der Waals surface area contributed by atoms with Crippen molar-refractivity contribution in [3.8, 4) is 5.69 Å². The fourth-order valence-corrected chi connectivity index (χ4v) is 2.67. The summed E-state index contributed by atoms with van der Waals surface area (Å²) in [4.78, 5) is 23.9. The second-order valence-corrected chi connectivity index (χ2v) is 6.13. The van der Waals surface area contributed by atoms with Gasteiger partial charge in [0, 0.05) is 31.0 Å². The van der Waals surface area contributed by atoms with E-state index in [4.69, 9.17) is 0 Å². The van der Waals surface area contributed by atoms with E-state index in [2.05, 4.69) is 15.7 Å². The van der Waals surface area contributed by atoms with E-state index >= 15 is 0 Å². The fourth-order valence-electron chi connectivity index (χ4n) is 2.67. The molecule has 0 atom stereocenters. The molecule has 0 saturated carbocycles. The van der Waals surface area contributed by atoms with Gasteiger partial charge in [0.25, 0.3) is 5.91 Å². The van der Waals surface area contributed by atoms with Gasteiger partial charge in [0.2, 0.25) is 5.91 Å². The number of aromatic nitrogens is 2. The first kappa shape index (κ1) is 18.4. The van der Waals surface area contributed by atoms with E-state index in [0.29, 0.717) is 25.1 Å². The molecule has 0 aliphatic carbocycles. The van der Waals surface area contributed by atoms with E-state index < -0.39 is 0 Å². The van der Waals surface area contributed by atoms with Crippen LogP contribution in [0.25, 0.3) is 5.69 Å². The number of hydrogen-bond donors (Lipinski definition) is 2. The van der Waals surface area contributed by atoms with Crippen molar-refractivity contribution >= 4 is 11.8 Å². The SMILES string of the molecule is CCNC(=O)c1ccc(CNC(=O)Cc2ccc(-n3cccn3)cc2)cc1. The summed E-state index contributed by atoms with van der Waals surface area (Å²) >= 11 is 0. The third-order valence-corrected chi connectivity index (χ3v) is 4.11. The van der Waals surface area contributed by atoms with Crippen molar-refractivity contribution in [1.82, 2.24) is 20.4 Å². The molecule has 0 unspecified atom stereocenters. The summed E-state index contributed by atoms with van der Waals surface area (Å²) in [6.07, 6.45) is 3.92. The van der Waals surface area contributed by atoms with E-state index in [1.54, 1.807) is 23.0 Å². The maximum absolute atomic E-state index is 12.2. The molecule has 0 fully saturated rings. The lowest BCUT2D eigenvalue weighted by Crippen LogP contribution is -2.25. The lowest BCUT2D eigenvalue weighted by molar-refractivity contribution is -0.120. The molecule has 27 heavy (non-hydrogen) atoms. The Labute approximate surface area is 158 Å². The van der Waals surface area contributed by atoms with Crippen molar-refractivity contribution in [3.63, 3.8) is 0 Å². The van der Waals surface area contributed by atoms with Crippen LogP contribution in [0, 0.1) is 0 Å². The van der Waals surface area contributed by atoms with E-state index in [-0.39, 0.29) is 11.8 Å². The average Bonchev–Trinajstić information content (AvgIpc) is 3.22. The zero-order chi connectivity index (χ0) is 19.1. The number of benzene rings is 2. The smallest absolute Gasteiger partial charge is 0.251 e. The monoisotopic (exact) mass is 362 g/mol. The molecule has 6 nitrogen and oxygen atoms in total. The quantitative estimate of drug-likeness (QED) is 0.678. The molecule has 2 aromatic carbocycles. The zero-order valence-corrected chi connectivity index (χ0v) is 15.2. The van der Waals surface area contributed by atoms with Crippen molar-refractivity contribution in [2.24, 2.45) is 0 Å². The van der Waals surface area contributed by atoms with Gasteiger partial charge >= 0.3 is 0 Å². The highest BCUT2D eigenvalue weighted by atomic mass is 16.2. The minimum absolute atomic E-state index is 0.0466. The van der Waals surface area contributed by atoms with Crippen molar-refractivity contribution in [3.05, 3.63) is 83.7 Å². The van der Waals surface area contributed by atoms with E-state index in [0.717, 1.165) is 16.8 Å². The van der Waals surface area contributed by atoms with Crippen LogP contribution in [-0.2, 0) is 17.8 Å². The highest BCUT2D eigenvalue weighted by molar-refractivity contribution is 5.94. The second kappa shape index (κ2) is 8.80. The largest absolute Gasteiger partial charge is 0.352 e. The standard InChI is InChI=1S/C21H22N4O2/c1-2-22-21(27)18-8-4-17(5-9-18)15-23-20(26)14-16-6-10-19(11-7-16)25-13-3-12-24-25/h3-13H,2,14-15H2,1H3,(H,22,27)(H,23,26). The molecule has 0 aliphatic rings. The summed E-state index contributed by atoms with van der Waals surface area (Å²) in [5.41, 5.74) is 3.46. The van der Waals surface area contributed by atoms with Crippen LogP contribution >= 0.6 is 0 Å². The summed E-state index contributed by atoms with van der Waals surface area (Å²) in [5.74, 6) is -0.138. The minimum atomic E-state index is -0.0911. The van der Waals surface area contributed by atoms with Crippen LogP contribution in [0.3, 0.4) is 0 Å². The second-order valence-electron chi connectivity index (χ2n) is 6.13. The molecule has 0 saturated heterocycles. The molecule has 1 aromatic heterocycles. The molecule has 6 heteroatoms. The van der Waals surface area contributed by atoms with Gasteiger partial charge in [-0.2, -0.15) is 5.10 Å². The van der Waals surface area contributed by atoms with Crippen LogP contribution in [-0.4, -0.2) is 28.1 Å². The van der Waals surface area contributed by atoms with Crippen molar-refractivity contribution in [2.75, 3.05) is 6.54 Å². The Bertz CT molecular complexity index is 885. The molecular formula is C21H22N4O2. The van der Waals surface area contributed by atoms with Crippen LogP contribution in [0.5, 0.6) is 0 Å². The Hall–Kier alpha value is -3.41. The number of carbonyl (C=O) groups excluding carboxylic acids is 2. The first-order valence-corrected chi connectivity index (χ1v) is 8.88. The number of hydrogen-bond acceptors (Lipinski definition) is 3. The third-order valence-electron chi connectivity index (χ3n) is 4.11. The van der Waals surface area contributed by atoms with Crippen LogP contribution in [0.4, 0.5) is 0 Å². The third kappa shape index (κ3) is 5.04. The molecule has 0 spiro atoms. The van der Waals surface area contributed by atoms with Gasteiger partial charge in [-0.15, -0.1) is 0 Å². The van der Waals surface area contributed by atoms with Gasteiger partial charge in [0.15, 0.2) is 0 Å². The molecule has 1 heterocycles. The molecular weight excluding hydrogens is 340 g/mol. The van der Waals surface area contributed by atoms with Gasteiger partial charge in [-0.25, -0.2) is 4.68 Å². The highest BCUT2D eigenvalue weighted by Gasteiger charge is 2.06. The van der Waals surface area contributed by atoms with Crippen LogP contribution < -0.4 is 10.6 Å². The molecule has 138 valence electrons. The van der Waals surface area contributed by atoms with E-state index in [1.807, 2.05) is 55.6 Å². The van der Waals surface area contributed by atoms with Crippen LogP contribution in [0.2, 0.25) is 0 Å². The van der Waals surface area contributed by atoms with Crippen LogP contribution in [0.1, 0.15) is 28.4 Å². The number of nitrogens with zero attached hydrogens (tertiary/aromatic N) is 2. The summed E-state index contributed by atoms with van der Waals surface area (Å²) in [6, 6.07) is 16.8. The van der Waals surface area contributed by atoms with Gasteiger partial charge in [0.1, 0.15) is 0 Å². The van der Waals surface area contributed by atoms with Crippen molar-refractivity contribution in [1.29, 1.82) is 0 Å². The van der Waals surface area contributed by atoms with Crippen molar-refractivity contribution < 1.29 is 9.59 Å². The Morgan fingerprint density at radius 3 is 2.30 bits per heavy atom. The Morgan fingerprint density at radius 1 is 0.963 bits per heavy atom. The lowest BCUT2D eigenvalue weighted by atomic mass is 10.1. The molecule has 0 aliphatic heterocycles. The number of rotatable bonds is 7. The van der Waals surface area contributed by atoms with Gasteiger partial charge in [0.05, 0.1) is 12.1 Å². The minimum Gasteiger partial charge on any atom is -0.352 e. The topological polar surface area (TPSA) is 76.0 Å². The number of amides is 2. The van der Waals surface area contributed by atoms with E-state index in [1.165, 1.54) is 0 Å².